The highest BCUT2D eigenvalue weighted by molar-refractivity contribution is 5.88. The van der Waals surface area contributed by atoms with Crippen LogP contribution in [0.1, 0.15) is 41.0 Å². The molecule has 1 aliphatic heterocycles. The van der Waals surface area contributed by atoms with E-state index in [1.807, 2.05) is 12.1 Å². The lowest BCUT2D eigenvalue weighted by Crippen LogP contribution is -2.36. The van der Waals surface area contributed by atoms with E-state index in [4.69, 9.17) is 0 Å². The molecular weight excluding hydrogens is 330 g/mol. The lowest BCUT2D eigenvalue weighted by Gasteiger charge is -2.39. The van der Waals surface area contributed by atoms with Gasteiger partial charge in [-0.2, -0.15) is 0 Å². The van der Waals surface area contributed by atoms with Gasteiger partial charge in [0, 0.05) is 25.2 Å². The zero-order valence-electron chi connectivity index (χ0n) is 15.9. The normalized spacial score (nSPS) is 18.8. The van der Waals surface area contributed by atoms with Gasteiger partial charge in [0.15, 0.2) is 0 Å². The lowest BCUT2D eigenvalue weighted by atomic mass is 9.75. The summed E-state index contributed by atoms with van der Waals surface area (Å²) in [4.78, 5) is 15.0. The molecule has 136 valence electrons. The number of Topliss-reactive ketones (excluding diaryl/α,β-unsaturated/α-hetero) is 1. The van der Waals surface area contributed by atoms with Crippen LogP contribution in [0.15, 0.2) is 78.9 Å². The quantitative estimate of drug-likeness (QED) is 0.642. The minimum absolute atomic E-state index is 0.0886. The summed E-state index contributed by atoms with van der Waals surface area (Å²) in [6, 6.07) is 27.6. The number of benzene rings is 3. The Kier molecular flexibility index (Phi) is 4.81. The Morgan fingerprint density at radius 2 is 1.59 bits per heavy atom. The first-order valence-electron chi connectivity index (χ1n) is 9.57. The molecule has 0 bridgehead atoms. The molecule has 0 amide bonds. The summed E-state index contributed by atoms with van der Waals surface area (Å²) in [6.07, 6.45) is 0.887. The number of anilines is 1. The van der Waals surface area contributed by atoms with Crippen LogP contribution in [0, 0.1) is 0 Å². The van der Waals surface area contributed by atoms with Gasteiger partial charge in [0.2, 0.25) is 0 Å². The monoisotopic (exact) mass is 355 g/mol. The first kappa shape index (κ1) is 17.5. The molecule has 27 heavy (non-hydrogen) atoms. The van der Waals surface area contributed by atoms with Gasteiger partial charge in [-0.25, -0.2) is 0 Å². The third-order valence-corrected chi connectivity index (χ3v) is 5.63. The van der Waals surface area contributed by atoms with E-state index < -0.39 is 0 Å². The summed E-state index contributed by atoms with van der Waals surface area (Å²) in [5, 5.41) is 0. The van der Waals surface area contributed by atoms with Crippen LogP contribution in [0.2, 0.25) is 0 Å². The van der Waals surface area contributed by atoms with Crippen molar-refractivity contribution in [2.45, 2.75) is 25.2 Å². The van der Waals surface area contributed by atoms with Crippen molar-refractivity contribution in [1.82, 2.24) is 0 Å². The molecule has 4 rings (SSSR count). The van der Waals surface area contributed by atoms with Crippen molar-refractivity contribution < 1.29 is 4.79 Å². The Balaban J connectivity index is 1.75. The number of hydrogen-bond acceptors (Lipinski definition) is 2. The van der Waals surface area contributed by atoms with E-state index in [2.05, 4.69) is 78.7 Å². The van der Waals surface area contributed by atoms with E-state index in [0.29, 0.717) is 0 Å². The minimum Gasteiger partial charge on any atom is -0.374 e. The highest BCUT2D eigenvalue weighted by Gasteiger charge is 2.36. The molecule has 1 aliphatic rings. The van der Waals surface area contributed by atoms with Gasteiger partial charge < -0.3 is 4.90 Å². The van der Waals surface area contributed by atoms with Gasteiger partial charge in [0.05, 0.1) is 5.92 Å². The number of carbonyl (C=O) groups excluding carboxylic acids is 1. The molecule has 0 spiro atoms. The third kappa shape index (κ3) is 3.52. The Labute approximate surface area is 161 Å². The average Bonchev–Trinajstić information content (AvgIpc) is 2.69. The fourth-order valence-electron chi connectivity index (χ4n) is 4.36. The van der Waals surface area contributed by atoms with E-state index in [1.165, 1.54) is 27.9 Å². The molecular formula is C25H25NO. The maximum atomic E-state index is 12.7. The van der Waals surface area contributed by atoms with Gasteiger partial charge >= 0.3 is 0 Å². The zero-order valence-corrected chi connectivity index (χ0v) is 15.9. The highest BCUT2D eigenvalue weighted by atomic mass is 16.1. The highest BCUT2D eigenvalue weighted by Crippen LogP contribution is 2.44. The van der Waals surface area contributed by atoms with Crippen LogP contribution in [0.5, 0.6) is 0 Å². The SMILES string of the molecule is CC(=O)C1c2cc(Cc3ccccc3)ccc2N(C)CC1c1ccccc1. The molecule has 0 fully saturated rings. The molecule has 2 unspecified atom stereocenters. The predicted octanol–water partition coefficient (Wildman–Crippen LogP) is 5.18. The number of fused-ring (bicyclic) bond motifs is 1. The van der Waals surface area contributed by atoms with Crippen molar-refractivity contribution in [3.8, 4) is 0 Å². The number of ketones is 1. The number of rotatable bonds is 4. The molecule has 1 heterocycles. The molecule has 0 radical (unpaired) electrons. The van der Waals surface area contributed by atoms with Crippen LogP contribution in [-0.2, 0) is 11.2 Å². The van der Waals surface area contributed by atoms with Crippen LogP contribution in [0.25, 0.3) is 0 Å². The van der Waals surface area contributed by atoms with Crippen molar-refractivity contribution in [3.05, 3.63) is 101 Å². The average molecular weight is 355 g/mol. The molecule has 3 aromatic rings. The number of carbonyl (C=O) groups is 1. The third-order valence-electron chi connectivity index (χ3n) is 5.63. The van der Waals surface area contributed by atoms with Crippen LogP contribution >= 0.6 is 0 Å². The van der Waals surface area contributed by atoms with Crippen molar-refractivity contribution in [2.75, 3.05) is 18.5 Å². The molecule has 3 aromatic carbocycles. The van der Waals surface area contributed by atoms with Gasteiger partial charge in [-0.3, -0.25) is 4.79 Å². The minimum atomic E-state index is -0.0886. The van der Waals surface area contributed by atoms with E-state index >= 15 is 0 Å². The van der Waals surface area contributed by atoms with Gasteiger partial charge in [-0.1, -0.05) is 72.8 Å². The molecule has 0 aliphatic carbocycles. The van der Waals surface area contributed by atoms with Crippen molar-refractivity contribution in [1.29, 1.82) is 0 Å². The molecule has 2 heteroatoms. The van der Waals surface area contributed by atoms with Crippen LogP contribution in [-0.4, -0.2) is 19.4 Å². The van der Waals surface area contributed by atoms with Crippen LogP contribution in [0.3, 0.4) is 0 Å². The summed E-state index contributed by atoms with van der Waals surface area (Å²) in [5.41, 5.74) is 6.13. The van der Waals surface area contributed by atoms with Crippen molar-refractivity contribution >= 4 is 11.5 Å². The second kappa shape index (κ2) is 7.40. The van der Waals surface area contributed by atoms with E-state index in [9.17, 15) is 4.79 Å². The summed E-state index contributed by atoms with van der Waals surface area (Å²) >= 11 is 0. The standard InChI is InChI=1S/C25H25NO/c1-18(27)25-22-16-20(15-19-9-5-3-6-10-19)13-14-24(22)26(2)17-23(25)21-11-7-4-8-12-21/h3-14,16,23,25H,15,17H2,1-2H3. The largest absolute Gasteiger partial charge is 0.374 e. The predicted molar refractivity (Wildman–Crippen MR) is 112 cm³/mol. The van der Waals surface area contributed by atoms with Crippen LogP contribution < -0.4 is 4.90 Å². The number of hydrogen-bond donors (Lipinski definition) is 0. The number of nitrogens with zero attached hydrogens (tertiary/aromatic N) is 1. The molecule has 0 saturated heterocycles. The van der Waals surface area contributed by atoms with Crippen molar-refractivity contribution in [2.24, 2.45) is 0 Å². The molecule has 0 N–H and O–H groups in total. The lowest BCUT2D eigenvalue weighted by molar-refractivity contribution is -0.118. The second-order valence-corrected chi connectivity index (χ2v) is 7.54. The molecule has 0 aromatic heterocycles. The van der Waals surface area contributed by atoms with Crippen LogP contribution in [0.4, 0.5) is 5.69 Å². The Bertz CT molecular complexity index is 933. The summed E-state index contributed by atoms with van der Waals surface area (Å²) < 4.78 is 0. The Morgan fingerprint density at radius 3 is 2.26 bits per heavy atom. The summed E-state index contributed by atoms with van der Waals surface area (Å²) in [7, 11) is 2.13. The summed E-state index contributed by atoms with van der Waals surface area (Å²) in [5.74, 6) is 0.345. The second-order valence-electron chi connectivity index (χ2n) is 7.54. The zero-order chi connectivity index (χ0) is 18.8. The maximum absolute atomic E-state index is 12.7. The smallest absolute Gasteiger partial charge is 0.138 e. The van der Waals surface area contributed by atoms with Crippen molar-refractivity contribution in [3.63, 3.8) is 0 Å². The van der Waals surface area contributed by atoms with Gasteiger partial charge in [-0.05, 0) is 41.7 Å². The molecule has 2 atom stereocenters. The van der Waals surface area contributed by atoms with E-state index in [-0.39, 0.29) is 17.6 Å². The van der Waals surface area contributed by atoms with Gasteiger partial charge in [0.25, 0.3) is 0 Å². The molecule has 2 nitrogen and oxygen atoms in total. The fraction of sp³-hybridized carbons (Fsp3) is 0.240. The Morgan fingerprint density at radius 1 is 0.926 bits per heavy atom. The van der Waals surface area contributed by atoms with Gasteiger partial charge in [-0.15, -0.1) is 0 Å². The maximum Gasteiger partial charge on any atom is 0.138 e. The Hall–Kier alpha value is -2.87. The topological polar surface area (TPSA) is 20.3 Å². The summed E-state index contributed by atoms with van der Waals surface area (Å²) in [6.45, 7) is 2.60. The first-order chi connectivity index (χ1) is 13.1. The molecule has 0 saturated carbocycles. The van der Waals surface area contributed by atoms with E-state index in [0.717, 1.165) is 13.0 Å². The van der Waals surface area contributed by atoms with E-state index in [1.54, 1.807) is 6.92 Å². The number of likely N-dealkylation sites (N-methyl/N-ethyl adjacent to an activating group) is 1. The van der Waals surface area contributed by atoms with Gasteiger partial charge in [0.1, 0.15) is 5.78 Å². The fourth-order valence-corrected chi connectivity index (χ4v) is 4.36. The first-order valence-corrected chi connectivity index (χ1v) is 9.57.